The van der Waals surface area contributed by atoms with Crippen molar-refractivity contribution in [2.75, 3.05) is 7.11 Å². The Hall–Kier alpha value is -2.95. The standard InChI is InChI=1S/C17H15N3O2/c1-22-16-4-2-13(3-5-16)10-14-11-17(21)20(12-19-14)15-6-8-18-9-7-15/h2-9,11-12H,10H2,1H3. The molecular formula is C17H15N3O2. The van der Waals surface area contributed by atoms with E-state index in [0.29, 0.717) is 6.42 Å². The predicted molar refractivity (Wildman–Crippen MR) is 83.4 cm³/mol. The van der Waals surface area contributed by atoms with Gasteiger partial charge in [0.25, 0.3) is 5.56 Å². The van der Waals surface area contributed by atoms with Crippen LogP contribution in [0.1, 0.15) is 11.3 Å². The SMILES string of the molecule is COc1ccc(Cc2cc(=O)n(-c3ccncc3)cn2)cc1. The first-order valence-corrected chi connectivity index (χ1v) is 6.87. The van der Waals surface area contributed by atoms with Gasteiger partial charge in [-0.15, -0.1) is 0 Å². The molecule has 0 amide bonds. The second kappa shape index (κ2) is 6.22. The molecule has 5 nitrogen and oxygen atoms in total. The molecule has 2 aromatic heterocycles. The third-order valence-corrected chi connectivity index (χ3v) is 3.35. The highest BCUT2D eigenvalue weighted by Gasteiger charge is 2.04. The molecule has 22 heavy (non-hydrogen) atoms. The summed E-state index contributed by atoms with van der Waals surface area (Å²) < 4.78 is 6.63. The molecule has 0 saturated heterocycles. The van der Waals surface area contributed by atoms with Gasteiger partial charge in [0.15, 0.2) is 0 Å². The summed E-state index contributed by atoms with van der Waals surface area (Å²) in [4.78, 5) is 20.5. The van der Waals surface area contributed by atoms with Crippen LogP contribution in [-0.2, 0) is 6.42 Å². The third kappa shape index (κ3) is 3.03. The zero-order valence-corrected chi connectivity index (χ0v) is 12.1. The number of aromatic nitrogens is 3. The highest BCUT2D eigenvalue weighted by Crippen LogP contribution is 2.13. The maximum atomic E-state index is 12.2. The Kier molecular flexibility index (Phi) is 3.96. The molecule has 0 saturated carbocycles. The maximum Gasteiger partial charge on any atom is 0.258 e. The Labute approximate surface area is 127 Å². The molecule has 5 heteroatoms. The van der Waals surface area contributed by atoms with Crippen molar-refractivity contribution in [1.82, 2.24) is 14.5 Å². The lowest BCUT2D eigenvalue weighted by Gasteiger charge is -2.06. The van der Waals surface area contributed by atoms with Gasteiger partial charge in [-0.05, 0) is 29.8 Å². The molecule has 0 aliphatic rings. The maximum absolute atomic E-state index is 12.2. The molecule has 0 unspecified atom stereocenters. The molecule has 0 spiro atoms. The van der Waals surface area contributed by atoms with Gasteiger partial charge in [0.05, 0.1) is 18.5 Å². The van der Waals surface area contributed by atoms with Gasteiger partial charge in [0.1, 0.15) is 12.1 Å². The van der Waals surface area contributed by atoms with Gasteiger partial charge >= 0.3 is 0 Å². The molecule has 0 atom stereocenters. The molecule has 0 aliphatic heterocycles. The lowest BCUT2D eigenvalue weighted by Crippen LogP contribution is -2.19. The molecule has 1 aromatic carbocycles. The first-order valence-electron chi connectivity index (χ1n) is 6.87. The lowest BCUT2D eigenvalue weighted by atomic mass is 10.1. The quantitative estimate of drug-likeness (QED) is 0.740. The summed E-state index contributed by atoms with van der Waals surface area (Å²) >= 11 is 0. The van der Waals surface area contributed by atoms with Crippen LogP contribution in [0.2, 0.25) is 0 Å². The Morgan fingerprint density at radius 1 is 1.09 bits per heavy atom. The zero-order chi connectivity index (χ0) is 15.4. The van der Waals surface area contributed by atoms with E-state index in [0.717, 1.165) is 22.7 Å². The summed E-state index contributed by atoms with van der Waals surface area (Å²) in [6.07, 6.45) is 5.45. The molecule has 0 aliphatic carbocycles. The van der Waals surface area contributed by atoms with E-state index in [2.05, 4.69) is 9.97 Å². The van der Waals surface area contributed by atoms with Crippen molar-refractivity contribution in [1.29, 1.82) is 0 Å². The van der Waals surface area contributed by atoms with E-state index in [1.54, 1.807) is 44.0 Å². The first kappa shape index (κ1) is 14.0. The smallest absolute Gasteiger partial charge is 0.258 e. The third-order valence-electron chi connectivity index (χ3n) is 3.35. The summed E-state index contributed by atoms with van der Waals surface area (Å²) in [6.45, 7) is 0. The van der Waals surface area contributed by atoms with Crippen molar-refractivity contribution in [3.63, 3.8) is 0 Å². The van der Waals surface area contributed by atoms with Gasteiger partial charge in [-0.2, -0.15) is 0 Å². The number of nitrogens with zero attached hydrogens (tertiary/aromatic N) is 3. The van der Waals surface area contributed by atoms with E-state index >= 15 is 0 Å². The Bertz CT molecular complexity index is 811. The first-order chi connectivity index (χ1) is 10.8. The molecular weight excluding hydrogens is 278 g/mol. The van der Waals surface area contributed by atoms with Crippen LogP contribution in [-0.4, -0.2) is 21.6 Å². The van der Waals surface area contributed by atoms with Crippen LogP contribution in [0.25, 0.3) is 5.69 Å². The molecule has 2 heterocycles. The number of hydrogen-bond acceptors (Lipinski definition) is 4. The summed E-state index contributed by atoms with van der Waals surface area (Å²) in [5.74, 6) is 0.810. The molecule has 0 N–H and O–H groups in total. The summed E-state index contributed by atoms with van der Waals surface area (Å²) in [6, 6.07) is 12.8. The van der Waals surface area contributed by atoms with Crippen molar-refractivity contribution in [3.8, 4) is 11.4 Å². The minimum absolute atomic E-state index is 0.107. The van der Waals surface area contributed by atoms with Crippen molar-refractivity contribution in [2.45, 2.75) is 6.42 Å². The fraction of sp³-hybridized carbons (Fsp3) is 0.118. The fourth-order valence-electron chi connectivity index (χ4n) is 2.19. The molecule has 0 fully saturated rings. The van der Waals surface area contributed by atoms with Crippen LogP contribution in [0, 0.1) is 0 Å². The second-order valence-electron chi connectivity index (χ2n) is 4.82. The zero-order valence-electron chi connectivity index (χ0n) is 12.1. The van der Waals surface area contributed by atoms with Crippen molar-refractivity contribution in [3.05, 3.63) is 82.8 Å². The van der Waals surface area contributed by atoms with Gasteiger partial charge in [-0.25, -0.2) is 4.98 Å². The number of methoxy groups -OCH3 is 1. The second-order valence-corrected chi connectivity index (χ2v) is 4.82. The van der Waals surface area contributed by atoms with Crippen LogP contribution in [0.5, 0.6) is 5.75 Å². The van der Waals surface area contributed by atoms with Crippen LogP contribution in [0.3, 0.4) is 0 Å². The fourth-order valence-corrected chi connectivity index (χ4v) is 2.19. The molecule has 0 radical (unpaired) electrons. The van der Waals surface area contributed by atoms with E-state index in [4.69, 9.17) is 4.74 Å². The van der Waals surface area contributed by atoms with E-state index in [1.165, 1.54) is 4.57 Å². The van der Waals surface area contributed by atoms with Crippen LogP contribution in [0.4, 0.5) is 0 Å². The van der Waals surface area contributed by atoms with Crippen molar-refractivity contribution < 1.29 is 4.74 Å². The van der Waals surface area contributed by atoms with E-state index in [-0.39, 0.29) is 5.56 Å². The highest BCUT2D eigenvalue weighted by molar-refractivity contribution is 5.31. The predicted octanol–water partition coefficient (Wildman–Crippen LogP) is 2.23. The molecule has 0 bridgehead atoms. The lowest BCUT2D eigenvalue weighted by molar-refractivity contribution is 0.414. The number of ether oxygens (including phenoxy) is 1. The number of benzene rings is 1. The van der Waals surface area contributed by atoms with Gasteiger partial charge in [-0.1, -0.05) is 12.1 Å². The average Bonchev–Trinajstić information content (AvgIpc) is 2.56. The highest BCUT2D eigenvalue weighted by atomic mass is 16.5. The Balaban J connectivity index is 1.84. The minimum Gasteiger partial charge on any atom is -0.497 e. The van der Waals surface area contributed by atoms with Crippen molar-refractivity contribution in [2.24, 2.45) is 0 Å². The van der Waals surface area contributed by atoms with Crippen LogP contribution >= 0.6 is 0 Å². The molecule has 3 aromatic rings. The minimum atomic E-state index is -0.107. The summed E-state index contributed by atoms with van der Waals surface area (Å²) in [5, 5.41) is 0. The molecule has 3 rings (SSSR count). The Morgan fingerprint density at radius 2 is 1.82 bits per heavy atom. The normalized spacial score (nSPS) is 10.4. The number of hydrogen-bond donors (Lipinski definition) is 0. The largest absolute Gasteiger partial charge is 0.497 e. The number of rotatable bonds is 4. The van der Waals surface area contributed by atoms with E-state index in [9.17, 15) is 4.79 Å². The number of pyridine rings is 1. The topological polar surface area (TPSA) is 57.0 Å². The van der Waals surface area contributed by atoms with Gasteiger partial charge < -0.3 is 4.74 Å². The van der Waals surface area contributed by atoms with Gasteiger partial charge in [-0.3, -0.25) is 14.3 Å². The van der Waals surface area contributed by atoms with Crippen LogP contribution in [0.15, 0.2) is 66.0 Å². The van der Waals surface area contributed by atoms with E-state index < -0.39 is 0 Å². The monoisotopic (exact) mass is 293 g/mol. The summed E-state index contributed by atoms with van der Waals surface area (Å²) in [5.41, 5.74) is 2.46. The molecule has 110 valence electrons. The van der Waals surface area contributed by atoms with E-state index in [1.807, 2.05) is 24.3 Å². The van der Waals surface area contributed by atoms with Crippen LogP contribution < -0.4 is 10.3 Å². The van der Waals surface area contributed by atoms with Gasteiger partial charge in [0, 0.05) is 24.9 Å². The Morgan fingerprint density at radius 3 is 2.45 bits per heavy atom. The summed E-state index contributed by atoms with van der Waals surface area (Å²) in [7, 11) is 1.63. The van der Waals surface area contributed by atoms with Gasteiger partial charge in [0.2, 0.25) is 0 Å². The van der Waals surface area contributed by atoms with Crippen molar-refractivity contribution >= 4 is 0 Å². The average molecular weight is 293 g/mol.